The molecule has 0 fully saturated rings. The molecule has 25 heavy (non-hydrogen) atoms. The van der Waals surface area contributed by atoms with Crippen molar-refractivity contribution in [3.63, 3.8) is 0 Å². The molecule has 3 rings (SSSR count). The number of nitrogens with one attached hydrogen (secondary N) is 1. The molecule has 0 radical (unpaired) electrons. The lowest BCUT2D eigenvalue weighted by Crippen LogP contribution is -2.42. The van der Waals surface area contributed by atoms with Gasteiger partial charge >= 0.3 is 12.1 Å². The number of allylic oxidation sites excluding steroid dienone is 1. The zero-order valence-corrected chi connectivity index (χ0v) is 14.4. The summed E-state index contributed by atoms with van der Waals surface area (Å²) in [6, 6.07) is 4.87. The van der Waals surface area contributed by atoms with Crippen LogP contribution in [-0.4, -0.2) is 36.9 Å². The van der Waals surface area contributed by atoms with Gasteiger partial charge < -0.3 is 24.8 Å². The minimum atomic E-state index is -0.840. The van der Waals surface area contributed by atoms with Crippen LogP contribution in [0.5, 0.6) is 5.75 Å². The molecule has 2 heterocycles. The van der Waals surface area contributed by atoms with Gasteiger partial charge in [0.15, 0.2) is 0 Å². The molecular weight excluding hydrogens is 324 g/mol. The molecule has 0 aromatic heterocycles. The van der Waals surface area contributed by atoms with Crippen LogP contribution in [0.3, 0.4) is 0 Å². The second-order valence-electron chi connectivity index (χ2n) is 6.19. The van der Waals surface area contributed by atoms with Crippen molar-refractivity contribution in [1.29, 1.82) is 0 Å². The topological polar surface area (TPSA) is 88.1 Å². The number of carboxylic acids is 1. The fourth-order valence-corrected chi connectivity index (χ4v) is 3.33. The maximum atomic E-state index is 11.5. The number of ether oxygens (including phenoxy) is 2. The molecule has 7 heteroatoms. The standard InChI is InChI=1S/C18H22N2O5/c1-3-24-18(23)25-13-8-7-11-9-12-5-4-6-14(17(21)22)19-16(12)20(2)15(11)10-13/h7-8,10,14,19H,3-6,9H2,1-2H3,(H,21,22). The molecule has 7 nitrogen and oxygen atoms in total. The Morgan fingerprint density at radius 2 is 2.20 bits per heavy atom. The van der Waals surface area contributed by atoms with Gasteiger partial charge in [-0.15, -0.1) is 0 Å². The van der Waals surface area contributed by atoms with E-state index in [9.17, 15) is 14.7 Å². The van der Waals surface area contributed by atoms with Gasteiger partial charge in [0.2, 0.25) is 0 Å². The number of carbonyl (C=O) groups is 2. The predicted molar refractivity (Wildman–Crippen MR) is 91.6 cm³/mol. The maximum absolute atomic E-state index is 11.5. The highest BCUT2D eigenvalue weighted by Gasteiger charge is 2.29. The smallest absolute Gasteiger partial charge is 0.480 e. The van der Waals surface area contributed by atoms with Crippen molar-refractivity contribution in [2.75, 3.05) is 18.6 Å². The first-order chi connectivity index (χ1) is 12.0. The minimum Gasteiger partial charge on any atom is -0.480 e. The van der Waals surface area contributed by atoms with Gasteiger partial charge in [0.05, 0.1) is 6.61 Å². The number of carbonyl (C=O) groups excluding carboxylic acids is 1. The predicted octanol–water partition coefficient (Wildman–Crippen LogP) is 2.65. The SMILES string of the molecule is CCOC(=O)Oc1ccc2c(c1)N(C)C1=C(CCCC(C(=O)O)N1)C2. The summed E-state index contributed by atoms with van der Waals surface area (Å²) in [6.07, 6.45) is 2.34. The lowest BCUT2D eigenvalue weighted by Gasteiger charge is -2.33. The molecule has 1 aromatic carbocycles. The van der Waals surface area contributed by atoms with Crippen LogP contribution in [0.2, 0.25) is 0 Å². The molecule has 2 N–H and O–H groups in total. The Kier molecular flexibility index (Phi) is 4.83. The normalized spacial score (nSPS) is 19.3. The van der Waals surface area contributed by atoms with E-state index in [0.717, 1.165) is 36.3 Å². The van der Waals surface area contributed by atoms with E-state index in [1.807, 2.05) is 18.0 Å². The highest BCUT2D eigenvalue weighted by Crippen LogP contribution is 2.37. The molecule has 1 atom stereocenters. The van der Waals surface area contributed by atoms with Crippen molar-refractivity contribution in [3.8, 4) is 5.75 Å². The molecule has 0 saturated heterocycles. The maximum Gasteiger partial charge on any atom is 0.513 e. The Morgan fingerprint density at radius 1 is 1.40 bits per heavy atom. The van der Waals surface area contributed by atoms with Crippen molar-refractivity contribution in [2.24, 2.45) is 0 Å². The third-order valence-corrected chi connectivity index (χ3v) is 4.54. The van der Waals surface area contributed by atoms with Crippen molar-refractivity contribution in [3.05, 3.63) is 35.2 Å². The van der Waals surface area contributed by atoms with Crippen LogP contribution in [0, 0.1) is 0 Å². The molecular formula is C18H22N2O5. The first-order valence-corrected chi connectivity index (χ1v) is 8.42. The van der Waals surface area contributed by atoms with Crippen LogP contribution in [0.25, 0.3) is 0 Å². The molecule has 2 aliphatic heterocycles. The van der Waals surface area contributed by atoms with Gasteiger partial charge in [0.1, 0.15) is 17.6 Å². The lowest BCUT2D eigenvalue weighted by molar-refractivity contribution is -0.139. The summed E-state index contributed by atoms with van der Waals surface area (Å²) in [5.74, 6) is 0.398. The zero-order chi connectivity index (χ0) is 18.0. The van der Waals surface area contributed by atoms with E-state index < -0.39 is 18.2 Å². The van der Waals surface area contributed by atoms with E-state index in [1.165, 1.54) is 5.57 Å². The molecule has 134 valence electrons. The van der Waals surface area contributed by atoms with Crippen molar-refractivity contribution < 1.29 is 24.2 Å². The number of anilines is 1. The minimum absolute atomic E-state index is 0.250. The molecule has 0 aliphatic carbocycles. The summed E-state index contributed by atoms with van der Waals surface area (Å²) in [4.78, 5) is 24.8. The molecule has 0 spiro atoms. The second kappa shape index (κ2) is 7.04. The van der Waals surface area contributed by atoms with Crippen LogP contribution in [0.1, 0.15) is 31.7 Å². The van der Waals surface area contributed by atoms with Crippen LogP contribution < -0.4 is 15.0 Å². The third-order valence-electron chi connectivity index (χ3n) is 4.54. The monoisotopic (exact) mass is 346 g/mol. The van der Waals surface area contributed by atoms with Gasteiger partial charge in [-0.25, -0.2) is 9.59 Å². The number of rotatable bonds is 3. The first kappa shape index (κ1) is 17.1. The Morgan fingerprint density at radius 3 is 2.92 bits per heavy atom. The summed E-state index contributed by atoms with van der Waals surface area (Å²) in [5, 5.41) is 12.5. The Balaban J connectivity index is 1.86. The molecule has 2 aliphatic rings. The number of hydrogen-bond donors (Lipinski definition) is 2. The van der Waals surface area contributed by atoms with Gasteiger partial charge in [-0.05, 0) is 49.8 Å². The van der Waals surface area contributed by atoms with Gasteiger partial charge in [-0.3, -0.25) is 0 Å². The van der Waals surface area contributed by atoms with Crippen molar-refractivity contribution in [1.82, 2.24) is 5.32 Å². The summed E-state index contributed by atoms with van der Waals surface area (Å²) >= 11 is 0. The molecule has 0 bridgehead atoms. The van der Waals surface area contributed by atoms with Crippen LogP contribution in [0.4, 0.5) is 10.5 Å². The second-order valence-corrected chi connectivity index (χ2v) is 6.19. The van der Waals surface area contributed by atoms with E-state index in [1.54, 1.807) is 19.1 Å². The number of hydrogen-bond acceptors (Lipinski definition) is 6. The zero-order valence-electron chi connectivity index (χ0n) is 14.4. The Labute approximate surface area is 146 Å². The average molecular weight is 346 g/mol. The van der Waals surface area contributed by atoms with E-state index >= 15 is 0 Å². The number of nitrogens with zero attached hydrogens (tertiary/aromatic N) is 1. The highest BCUT2D eigenvalue weighted by atomic mass is 16.7. The number of fused-ring (bicyclic) bond motifs is 1. The molecule has 1 unspecified atom stereocenters. The number of benzene rings is 1. The summed E-state index contributed by atoms with van der Waals surface area (Å²) in [7, 11) is 1.89. The van der Waals surface area contributed by atoms with E-state index in [0.29, 0.717) is 12.2 Å². The third kappa shape index (κ3) is 3.55. The molecule has 0 saturated carbocycles. The van der Waals surface area contributed by atoms with E-state index in [2.05, 4.69) is 5.32 Å². The first-order valence-electron chi connectivity index (χ1n) is 8.42. The number of aliphatic carboxylic acids is 1. The quantitative estimate of drug-likeness (QED) is 0.642. The van der Waals surface area contributed by atoms with Gasteiger partial charge in [0, 0.05) is 18.8 Å². The summed E-state index contributed by atoms with van der Waals surface area (Å²) in [5.41, 5.74) is 3.21. The fourth-order valence-electron chi connectivity index (χ4n) is 3.33. The van der Waals surface area contributed by atoms with E-state index in [-0.39, 0.29) is 6.61 Å². The van der Waals surface area contributed by atoms with Gasteiger partial charge in [0.25, 0.3) is 0 Å². The number of carboxylic acid groups (broad SMARTS) is 1. The van der Waals surface area contributed by atoms with Crippen molar-refractivity contribution >= 4 is 17.8 Å². The van der Waals surface area contributed by atoms with Gasteiger partial charge in [-0.2, -0.15) is 0 Å². The largest absolute Gasteiger partial charge is 0.513 e. The molecule has 1 aromatic rings. The van der Waals surface area contributed by atoms with Gasteiger partial charge in [-0.1, -0.05) is 6.07 Å². The fraction of sp³-hybridized carbons (Fsp3) is 0.444. The Hall–Kier alpha value is -2.70. The highest BCUT2D eigenvalue weighted by molar-refractivity contribution is 5.75. The Bertz CT molecular complexity index is 728. The summed E-state index contributed by atoms with van der Waals surface area (Å²) in [6.45, 7) is 1.97. The van der Waals surface area contributed by atoms with E-state index in [4.69, 9.17) is 9.47 Å². The van der Waals surface area contributed by atoms with Crippen LogP contribution in [-0.2, 0) is 16.0 Å². The van der Waals surface area contributed by atoms with Crippen molar-refractivity contribution in [2.45, 2.75) is 38.6 Å². The van der Waals surface area contributed by atoms with Crippen LogP contribution in [0.15, 0.2) is 29.6 Å². The molecule has 0 amide bonds. The average Bonchev–Trinajstić information content (AvgIpc) is 2.78. The van der Waals surface area contributed by atoms with Crippen LogP contribution >= 0.6 is 0 Å². The summed E-state index contributed by atoms with van der Waals surface area (Å²) < 4.78 is 9.97. The lowest BCUT2D eigenvalue weighted by atomic mass is 9.95.